The van der Waals surface area contributed by atoms with Crippen molar-refractivity contribution in [2.24, 2.45) is 42.3 Å². The van der Waals surface area contributed by atoms with E-state index >= 15 is 0 Å². The molecule has 0 saturated carbocycles. The number of rotatable bonds is 49. The molecule has 8 amide bonds. The van der Waals surface area contributed by atoms with Crippen LogP contribution in [-0.4, -0.2) is 232 Å². The van der Waals surface area contributed by atoms with Gasteiger partial charge in [-0.1, -0.05) is 6.07 Å². The largest absolute Gasteiger partial charge is 0.491 e. The summed E-state index contributed by atoms with van der Waals surface area (Å²) in [5.74, 6) is -2.55. The zero-order valence-electron chi connectivity index (χ0n) is 69.6. The molecule has 0 radical (unpaired) electrons. The van der Waals surface area contributed by atoms with E-state index in [4.69, 9.17) is 47.4 Å². The molecule has 7 aromatic heterocycles. The van der Waals surface area contributed by atoms with Gasteiger partial charge < -0.3 is 127 Å². The second-order valence-corrected chi connectivity index (χ2v) is 28.6. The molecule has 0 saturated heterocycles. The highest BCUT2D eigenvalue weighted by atomic mass is 19.1. The van der Waals surface area contributed by atoms with Crippen molar-refractivity contribution in [1.29, 1.82) is 0 Å². The molecule has 0 aliphatic heterocycles. The minimum atomic E-state index is -1.23. The Labute approximate surface area is 701 Å². The van der Waals surface area contributed by atoms with Crippen molar-refractivity contribution in [3.8, 4) is 28.4 Å². The Kier molecular flexibility index (Phi) is 33.4. The third-order valence-electron chi connectivity index (χ3n) is 18.6. The van der Waals surface area contributed by atoms with E-state index in [9.17, 15) is 52.6 Å². The van der Waals surface area contributed by atoms with E-state index in [1.165, 1.54) is 71.9 Å². The van der Waals surface area contributed by atoms with Gasteiger partial charge in [-0.05, 0) is 111 Å². The summed E-state index contributed by atoms with van der Waals surface area (Å²) in [5.41, 5.74) is 3.18. The van der Waals surface area contributed by atoms with Gasteiger partial charge in [-0.25, -0.2) is 19.3 Å². The smallest absolute Gasteiger partial charge is 0.291 e. The molecule has 0 unspecified atom stereocenters. The SMILES string of the molecule is Cc1cc(F)cc(C)c1Oc1ccc(C(C)(C)O)cc1-c1cn(C)c(=O)c2[nH]c(C(=O)Nc3ccc(OCCOCCOCCOCCOCCOCCOCCOCCOCCNC(=O)c4nc(NC(=O)CCNC(=O)c5cc(NC(=O)c6nc(NC(=O)CCNC(=O)c7cc(NC(=O)c8nccn8C)cn7C)cn6C)cn5C)cn4C)cc3)cc12. The molecule has 0 spiro atoms. The molecule has 0 atom stereocenters. The standard InChI is InChI=1S/C83H103FN18O20/c1-52-41-55(84)42-53(2)72(52)122-66-16-11-54(83(3,4)112)43-60(66)62-49-102(10)82(111)71-61(62)46-63(92-71)76(105)89-56-12-14-59(15-13-56)121-40-39-120-38-37-119-36-35-118-34-33-117-32-31-116-30-29-115-28-27-114-26-25-113-24-22-88-79(108)74-95-67(50-100(74)8)93-69(103)17-19-87-78(107)65-45-58(48-99(65)7)91-81(110)75-96-68(51-101(75)9)94-70(104)18-20-86-77(106)64-44-57(47-98(64)6)90-80(109)73-85-21-23-97(73)5/h11-16,21,23,41-51,92,112H,17-20,22,24-40H2,1-10H3,(H,86,106)(H,87,107)(H,88,108)(H,89,105)(H,90,109)(H,91,110)(H,93,103)(H,94,104). The summed E-state index contributed by atoms with van der Waals surface area (Å²) in [7, 11) is 9.69. The van der Waals surface area contributed by atoms with E-state index in [1.54, 1.807) is 142 Å². The lowest BCUT2D eigenvalue weighted by atomic mass is 9.93. The number of benzene rings is 3. The average Bonchev–Trinajstić information content (AvgIpc) is 1.54. The zero-order valence-corrected chi connectivity index (χ0v) is 69.6. The topological polar surface area (TPSA) is 446 Å². The van der Waals surface area contributed by atoms with Crippen LogP contribution in [0.5, 0.6) is 17.2 Å². The molecule has 652 valence electrons. The van der Waals surface area contributed by atoms with Gasteiger partial charge in [0.05, 0.1) is 123 Å². The van der Waals surface area contributed by atoms with Gasteiger partial charge in [0.25, 0.3) is 41.0 Å². The highest BCUT2D eigenvalue weighted by Crippen LogP contribution is 2.41. The van der Waals surface area contributed by atoms with Gasteiger partial charge in [0, 0.05) is 140 Å². The third-order valence-corrected chi connectivity index (χ3v) is 18.6. The van der Waals surface area contributed by atoms with Crippen LogP contribution in [0.4, 0.5) is 33.1 Å². The predicted molar refractivity (Wildman–Crippen MR) is 446 cm³/mol. The van der Waals surface area contributed by atoms with Crippen LogP contribution >= 0.6 is 0 Å². The molecule has 122 heavy (non-hydrogen) atoms. The number of halogens is 1. The first-order chi connectivity index (χ1) is 58.6. The average molecular weight is 1690 g/mol. The molecule has 0 bridgehead atoms. The van der Waals surface area contributed by atoms with Crippen molar-refractivity contribution >= 4 is 86.9 Å². The highest BCUT2D eigenvalue weighted by molar-refractivity contribution is 6.09. The first-order valence-electron chi connectivity index (χ1n) is 39.2. The van der Waals surface area contributed by atoms with Crippen LogP contribution in [0.25, 0.3) is 22.0 Å². The maximum Gasteiger partial charge on any atom is 0.291 e. The second-order valence-electron chi connectivity index (χ2n) is 28.6. The summed E-state index contributed by atoms with van der Waals surface area (Å²) >= 11 is 0. The van der Waals surface area contributed by atoms with Crippen LogP contribution in [0, 0.1) is 19.7 Å². The number of fused-ring (bicyclic) bond motifs is 1. The van der Waals surface area contributed by atoms with Crippen LogP contribution in [0.15, 0.2) is 121 Å². The maximum atomic E-state index is 14.3. The first kappa shape index (κ1) is 91.6. The van der Waals surface area contributed by atoms with Crippen molar-refractivity contribution in [3.05, 3.63) is 184 Å². The number of hydrogen-bond acceptors (Lipinski definition) is 23. The molecular formula is C83H103FN18O20. The van der Waals surface area contributed by atoms with Gasteiger partial charge in [-0.2, -0.15) is 0 Å². The Morgan fingerprint density at radius 3 is 1.40 bits per heavy atom. The predicted octanol–water partition coefficient (Wildman–Crippen LogP) is 6.40. The molecule has 10 rings (SSSR count). The molecule has 38 nitrogen and oxygen atoms in total. The van der Waals surface area contributed by atoms with E-state index < -0.39 is 52.9 Å². The number of carbonyl (C=O) groups is 8. The number of aryl methyl sites for hydroxylation is 8. The summed E-state index contributed by atoms with van der Waals surface area (Å²) in [5, 5.41) is 33.1. The van der Waals surface area contributed by atoms with Gasteiger partial charge in [-0.15, -0.1) is 0 Å². The molecule has 39 heteroatoms. The number of nitrogens with one attached hydrogen (secondary N) is 9. The highest BCUT2D eigenvalue weighted by Gasteiger charge is 2.26. The fraction of sp³-hybridized carbons (Fsp3) is 0.398. The Bertz CT molecular complexity index is 5320. The van der Waals surface area contributed by atoms with E-state index in [2.05, 4.69) is 62.5 Å². The number of pyridine rings is 1. The minimum Gasteiger partial charge on any atom is -0.491 e. The van der Waals surface area contributed by atoms with E-state index in [0.717, 1.165) is 0 Å². The van der Waals surface area contributed by atoms with Crippen LogP contribution in [0.3, 0.4) is 0 Å². The molecule has 0 fully saturated rings. The molecule has 10 N–H and O–H groups in total. The number of aliphatic hydroxyl groups is 1. The summed E-state index contributed by atoms with van der Waals surface area (Å²) in [4.78, 5) is 133. The lowest BCUT2D eigenvalue weighted by molar-refractivity contribution is -0.116. The van der Waals surface area contributed by atoms with Crippen LogP contribution in [0.1, 0.15) is 107 Å². The number of nitrogens with zero attached hydrogens (tertiary/aromatic N) is 9. The Morgan fingerprint density at radius 2 is 0.918 bits per heavy atom. The Balaban J connectivity index is 0.485. The van der Waals surface area contributed by atoms with Crippen molar-refractivity contribution < 1.29 is 95.2 Å². The number of aromatic nitrogens is 10. The molecule has 10 aromatic rings. The number of aromatic amines is 1. The number of ether oxygens (including phenoxy) is 10. The lowest BCUT2D eigenvalue weighted by Gasteiger charge is -2.22. The lowest BCUT2D eigenvalue weighted by Crippen LogP contribution is -2.30. The summed E-state index contributed by atoms with van der Waals surface area (Å²) < 4.78 is 80.0. The number of anilines is 5. The normalized spacial score (nSPS) is 11.4. The Hall–Kier alpha value is -12.7. The Morgan fingerprint density at radius 1 is 0.459 bits per heavy atom. The van der Waals surface area contributed by atoms with Gasteiger partial charge in [-0.3, -0.25) is 43.2 Å². The number of H-pyrrole nitrogens is 1. The van der Waals surface area contributed by atoms with Crippen LogP contribution in [-0.2, 0) is 95.4 Å². The molecule has 0 aliphatic carbocycles. The third kappa shape index (κ3) is 26.6. The van der Waals surface area contributed by atoms with Crippen molar-refractivity contribution in [2.45, 2.75) is 46.1 Å². The number of amides is 8. The summed E-state index contributed by atoms with van der Waals surface area (Å²) in [6.07, 6.45) is 10.5. The quantitative estimate of drug-likeness (QED) is 0.0184. The van der Waals surface area contributed by atoms with Gasteiger partial charge in [0.15, 0.2) is 17.5 Å². The zero-order chi connectivity index (χ0) is 87.4. The fourth-order valence-corrected chi connectivity index (χ4v) is 12.4. The van der Waals surface area contributed by atoms with Crippen molar-refractivity contribution in [3.63, 3.8) is 0 Å². The van der Waals surface area contributed by atoms with E-state index in [1.807, 2.05) is 0 Å². The summed E-state index contributed by atoms with van der Waals surface area (Å²) in [6, 6.07) is 19.4. The number of carbonyl (C=O) groups excluding carboxylic acids is 8. The molecule has 7 heterocycles. The fourth-order valence-electron chi connectivity index (χ4n) is 12.4. The van der Waals surface area contributed by atoms with Crippen LogP contribution in [0.2, 0.25) is 0 Å². The maximum absolute atomic E-state index is 14.3. The van der Waals surface area contributed by atoms with Crippen molar-refractivity contribution in [2.75, 3.05) is 159 Å². The monoisotopic (exact) mass is 1690 g/mol. The first-order valence-corrected chi connectivity index (χ1v) is 39.2. The molecule has 3 aromatic carbocycles. The minimum absolute atomic E-state index is 0.0287. The molecule has 0 aliphatic rings. The summed E-state index contributed by atoms with van der Waals surface area (Å²) in [6.45, 7) is 12.9. The van der Waals surface area contributed by atoms with E-state index in [-0.39, 0.29) is 121 Å². The van der Waals surface area contributed by atoms with Crippen molar-refractivity contribution in [1.82, 2.24) is 63.3 Å². The van der Waals surface area contributed by atoms with Gasteiger partial charge >= 0.3 is 0 Å². The van der Waals surface area contributed by atoms with Crippen LogP contribution < -0.4 is 57.6 Å². The van der Waals surface area contributed by atoms with Gasteiger partial charge in [0.1, 0.15) is 52.3 Å². The number of imidazole rings is 3. The number of hydrogen-bond donors (Lipinski definition) is 10. The van der Waals surface area contributed by atoms with E-state index in [0.29, 0.717) is 154 Å². The molecular weight excluding hydrogens is 1590 g/mol. The van der Waals surface area contributed by atoms with Gasteiger partial charge in [0.2, 0.25) is 23.5 Å². The second kappa shape index (κ2) is 44.5.